The lowest BCUT2D eigenvalue weighted by atomic mass is 10.5. The molecule has 0 aromatic heterocycles. The third-order valence-electron chi connectivity index (χ3n) is 0.759. The highest BCUT2D eigenvalue weighted by atomic mass is 16.7. The predicted molar refractivity (Wildman–Crippen MR) is 30.6 cm³/mol. The minimum atomic E-state index is -1.39. The van der Waals surface area contributed by atoms with Crippen LogP contribution in [0.15, 0.2) is 0 Å². The molecule has 0 fully saturated rings. The minimum absolute atomic E-state index is 0.0389. The molecule has 10 heavy (non-hydrogen) atoms. The number of hydrogen-bond acceptors (Lipinski definition) is 4. The van der Waals surface area contributed by atoms with Crippen molar-refractivity contribution in [2.45, 2.75) is 6.42 Å². The molecule has 0 aliphatic rings. The second-order valence-corrected chi connectivity index (χ2v) is 1.44. The van der Waals surface area contributed by atoms with Gasteiger partial charge >= 0.3 is 12.1 Å². The molecule has 0 atom stereocenters. The molecule has 0 bridgehead atoms. The summed E-state index contributed by atoms with van der Waals surface area (Å²) >= 11 is 0. The highest BCUT2D eigenvalue weighted by molar-refractivity contribution is 5.69. The number of carbonyl (C=O) groups excluding carboxylic acids is 1. The maximum Gasteiger partial charge on any atom is 0.505 e. The molecule has 58 valence electrons. The fourth-order valence-corrected chi connectivity index (χ4v) is 0.324. The summed E-state index contributed by atoms with van der Waals surface area (Å²) in [5.41, 5.74) is 0. The van der Waals surface area contributed by atoms with Crippen molar-refractivity contribution in [3.8, 4) is 0 Å². The standard InChI is InChI=1S/C5H8O5/c1-9-4(6)2-3-10-5(7)8/h2-3H2,1H3,(H,7,8). The van der Waals surface area contributed by atoms with Crippen LogP contribution in [0.1, 0.15) is 6.42 Å². The van der Waals surface area contributed by atoms with Crippen LogP contribution in [0, 0.1) is 0 Å². The van der Waals surface area contributed by atoms with Crippen molar-refractivity contribution in [2.75, 3.05) is 13.7 Å². The number of hydrogen-bond donors (Lipinski definition) is 1. The number of carboxylic acid groups (broad SMARTS) is 1. The van der Waals surface area contributed by atoms with Gasteiger partial charge in [0.05, 0.1) is 13.5 Å². The van der Waals surface area contributed by atoms with Gasteiger partial charge in [0.2, 0.25) is 0 Å². The van der Waals surface area contributed by atoms with E-state index in [9.17, 15) is 9.59 Å². The Kier molecular flexibility index (Phi) is 4.02. The van der Waals surface area contributed by atoms with Crippen LogP contribution in [0.2, 0.25) is 0 Å². The van der Waals surface area contributed by atoms with Crippen molar-refractivity contribution in [1.82, 2.24) is 0 Å². The van der Waals surface area contributed by atoms with E-state index in [1.54, 1.807) is 0 Å². The summed E-state index contributed by atoms with van der Waals surface area (Å²) in [7, 11) is 1.23. The summed E-state index contributed by atoms with van der Waals surface area (Å²) in [4.78, 5) is 20.0. The lowest BCUT2D eigenvalue weighted by Crippen LogP contribution is -2.08. The van der Waals surface area contributed by atoms with Gasteiger partial charge in [-0.1, -0.05) is 0 Å². The third kappa shape index (κ3) is 4.89. The molecule has 1 N–H and O–H groups in total. The summed E-state index contributed by atoms with van der Waals surface area (Å²) < 4.78 is 8.25. The molecule has 0 saturated heterocycles. The fourth-order valence-electron chi connectivity index (χ4n) is 0.324. The second-order valence-electron chi connectivity index (χ2n) is 1.44. The lowest BCUT2D eigenvalue weighted by molar-refractivity contribution is -0.141. The molecule has 0 radical (unpaired) electrons. The first-order chi connectivity index (χ1) is 4.66. The van der Waals surface area contributed by atoms with Crippen LogP contribution >= 0.6 is 0 Å². The zero-order valence-corrected chi connectivity index (χ0v) is 5.49. The SMILES string of the molecule is COC(=O)CCOC(=O)O. The highest BCUT2D eigenvalue weighted by Gasteiger charge is 2.01. The zero-order chi connectivity index (χ0) is 7.98. The molecule has 0 aromatic carbocycles. The maximum atomic E-state index is 10.3. The monoisotopic (exact) mass is 148 g/mol. The largest absolute Gasteiger partial charge is 0.505 e. The van der Waals surface area contributed by atoms with Crippen LogP contribution < -0.4 is 0 Å². The van der Waals surface area contributed by atoms with Gasteiger partial charge in [0.1, 0.15) is 6.61 Å². The van der Waals surface area contributed by atoms with Crippen LogP contribution in [0.4, 0.5) is 4.79 Å². The molecular weight excluding hydrogens is 140 g/mol. The Bertz CT molecular complexity index is 130. The van der Waals surface area contributed by atoms with Crippen LogP contribution in [0.5, 0.6) is 0 Å². The molecule has 0 aliphatic heterocycles. The van der Waals surface area contributed by atoms with Crippen molar-refractivity contribution in [2.24, 2.45) is 0 Å². The number of ether oxygens (including phenoxy) is 2. The number of rotatable bonds is 3. The Labute approximate surface area is 57.5 Å². The molecule has 5 nitrogen and oxygen atoms in total. The summed E-state index contributed by atoms with van der Waals surface area (Å²) in [6, 6.07) is 0. The van der Waals surface area contributed by atoms with E-state index < -0.39 is 12.1 Å². The Morgan fingerprint density at radius 1 is 1.50 bits per heavy atom. The maximum absolute atomic E-state index is 10.3. The molecule has 0 aliphatic carbocycles. The summed E-state index contributed by atoms with van der Waals surface area (Å²) in [6.45, 7) is -0.151. The van der Waals surface area contributed by atoms with E-state index in [1.807, 2.05) is 0 Å². The first kappa shape index (κ1) is 8.74. The van der Waals surface area contributed by atoms with Crippen LogP contribution in [-0.2, 0) is 14.3 Å². The quantitative estimate of drug-likeness (QED) is 0.580. The minimum Gasteiger partial charge on any atom is -0.469 e. The molecule has 0 rings (SSSR count). The number of esters is 1. The van der Waals surface area contributed by atoms with Gasteiger partial charge in [0.25, 0.3) is 0 Å². The molecular formula is C5H8O5. The van der Waals surface area contributed by atoms with Gasteiger partial charge in [-0.3, -0.25) is 4.79 Å². The van der Waals surface area contributed by atoms with Crippen LogP contribution in [0.25, 0.3) is 0 Å². The Balaban J connectivity index is 3.20. The van der Waals surface area contributed by atoms with E-state index in [2.05, 4.69) is 9.47 Å². The molecule has 0 unspecified atom stereocenters. The van der Waals surface area contributed by atoms with E-state index in [1.165, 1.54) is 7.11 Å². The van der Waals surface area contributed by atoms with Gasteiger partial charge < -0.3 is 14.6 Å². The Morgan fingerprint density at radius 2 is 2.10 bits per heavy atom. The molecule has 0 amide bonds. The highest BCUT2D eigenvalue weighted by Crippen LogP contribution is 1.85. The van der Waals surface area contributed by atoms with Gasteiger partial charge in [-0.05, 0) is 0 Å². The van der Waals surface area contributed by atoms with Crippen LogP contribution in [0.3, 0.4) is 0 Å². The normalized spacial score (nSPS) is 8.50. The molecule has 0 saturated carbocycles. The third-order valence-corrected chi connectivity index (χ3v) is 0.759. The second kappa shape index (κ2) is 4.60. The van der Waals surface area contributed by atoms with Gasteiger partial charge in [-0.15, -0.1) is 0 Å². The molecule has 0 heterocycles. The van der Waals surface area contributed by atoms with Crippen molar-refractivity contribution in [3.63, 3.8) is 0 Å². The molecule has 0 spiro atoms. The van der Waals surface area contributed by atoms with E-state index >= 15 is 0 Å². The fraction of sp³-hybridized carbons (Fsp3) is 0.600. The first-order valence-electron chi connectivity index (χ1n) is 2.59. The topological polar surface area (TPSA) is 72.8 Å². The molecule has 0 aromatic rings. The van der Waals surface area contributed by atoms with Gasteiger partial charge in [-0.25, -0.2) is 4.79 Å². The van der Waals surface area contributed by atoms with Gasteiger partial charge in [0.15, 0.2) is 0 Å². The van der Waals surface area contributed by atoms with Gasteiger partial charge in [-0.2, -0.15) is 0 Å². The van der Waals surface area contributed by atoms with Gasteiger partial charge in [0, 0.05) is 0 Å². The predicted octanol–water partition coefficient (Wildman–Crippen LogP) is 0.244. The van der Waals surface area contributed by atoms with Crippen LogP contribution in [-0.4, -0.2) is 30.9 Å². The van der Waals surface area contributed by atoms with Crippen molar-refractivity contribution >= 4 is 12.1 Å². The van der Waals surface area contributed by atoms with E-state index in [0.29, 0.717) is 0 Å². The smallest absolute Gasteiger partial charge is 0.469 e. The number of methoxy groups -OCH3 is 1. The number of carbonyl (C=O) groups is 2. The van der Waals surface area contributed by atoms with E-state index in [4.69, 9.17) is 5.11 Å². The van der Waals surface area contributed by atoms with Crippen molar-refractivity contribution in [3.05, 3.63) is 0 Å². The Hall–Kier alpha value is -1.26. The zero-order valence-electron chi connectivity index (χ0n) is 5.49. The molecule has 5 heteroatoms. The Morgan fingerprint density at radius 3 is 2.50 bits per heavy atom. The van der Waals surface area contributed by atoms with E-state index in [0.717, 1.165) is 0 Å². The first-order valence-corrected chi connectivity index (χ1v) is 2.59. The van der Waals surface area contributed by atoms with Crippen molar-refractivity contribution < 1.29 is 24.2 Å². The average molecular weight is 148 g/mol. The van der Waals surface area contributed by atoms with Crippen molar-refractivity contribution in [1.29, 1.82) is 0 Å². The lowest BCUT2D eigenvalue weighted by Gasteiger charge is -1.97. The summed E-state index contributed by atoms with van der Waals surface area (Å²) in [5, 5.41) is 7.92. The van der Waals surface area contributed by atoms with E-state index in [-0.39, 0.29) is 13.0 Å². The summed E-state index contributed by atoms with van der Waals surface area (Å²) in [6.07, 6.45) is -1.42. The average Bonchev–Trinajstić information content (AvgIpc) is 1.87. The summed E-state index contributed by atoms with van der Waals surface area (Å²) in [5.74, 6) is -0.485.